The van der Waals surface area contributed by atoms with E-state index in [4.69, 9.17) is 4.74 Å². The molecule has 0 unspecified atom stereocenters. The molecule has 0 spiro atoms. The highest BCUT2D eigenvalue weighted by atomic mass is 16.5. The maximum Gasteiger partial charge on any atom is 0.251 e. The van der Waals surface area contributed by atoms with E-state index >= 15 is 0 Å². The van der Waals surface area contributed by atoms with Gasteiger partial charge in [0.25, 0.3) is 5.91 Å². The lowest BCUT2D eigenvalue weighted by Gasteiger charge is -2.24. The number of fused-ring (bicyclic) bond motifs is 1. The number of carbonyl (C=O) groups excluding carboxylic acids is 1. The molecule has 1 aliphatic heterocycles. The number of nitrogens with one attached hydrogen (secondary N) is 1. The van der Waals surface area contributed by atoms with Gasteiger partial charge in [-0.1, -0.05) is 12.1 Å². The van der Waals surface area contributed by atoms with Crippen molar-refractivity contribution in [2.24, 2.45) is 0 Å². The summed E-state index contributed by atoms with van der Waals surface area (Å²) in [6, 6.07) is 7.72. The second-order valence-corrected chi connectivity index (χ2v) is 5.79. The molecule has 0 radical (unpaired) electrons. The van der Waals surface area contributed by atoms with Crippen LogP contribution in [0.1, 0.15) is 33.9 Å². The van der Waals surface area contributed by atoms with Crippen LogP contribution in [0.5, 0.6) is 0 Å². The SMILES string of the molecule is COCc1cccc(C(=O)N[C@@H]2CCc3nc(C)cn3C2)c1. The Morgan fingerprint density at radius 2 is 2.36 bits per heavy atom. The number of carbonyl (C=O) groups is 1. The van der Waals surface area contributed by atoms with E-state index in [1.165, 1.54) is 0 Å². The summed E-state index contributed by atoms with van der Waals surface area (Å²) in [5, 5.41) is 3.13. The number of imidazole rings is 1. The molecular weight excluding hydrogens is 278 g/mol. The topological polar surface area (TPSA) is 56.1 Å². The van der Waals surface area contributed by atoms with Crippen LogP contribution in [0.15, 0.2) is 30.5 Å². The summed E-state index contributed by atoms with van der Waals surface area (Å²) in [5.74, 6) is 1.09. The first kappa shape index (κ1) is 14.8. The first-order valence-electron chi connectivity index (χ1n) is 7.57. The Morgan fingerprint density at radius 1 is 1.50 bits per heavy atom. The molecule has 0 aliphatic carbocycles. The average molecular weight is 299 g/mol. The normalized spacial score (nSPS) is 17.1. The third-order valence-electron chi connectivity index (χ3n) is 3.95. The summed E-state index contributed by atoms with van der Waals surface area (Å²) in [4.78, 5) is 16.9. The van der Waals surface area contributed by atoms with E-state index in [9.17, 15) is 4.79 Å². The largest absolute Gasteiger partial charge is 0.380 e. The van der Waals surface area contributed by atoms with Crippen LogP contribution in [-0.4, -0.2) is 28.6 Å². The summed E-state index contributed by atoms with van der Waals surface area (Å²) < 4.78 is 7.26. The Hall–Kier alpha value is -2.14. The molecule has 22 heavy (non-hydrogen) atoms. The number of aryl methyl sites for hydroxylation is 2. The van der Waals surface area contributed by atoms with Crippen molar-refractivity contribution in [1.82, 2.24) is 14.9 Å². The van der Waals surface area contributed by atoms with E-state index in [2.05, 4.69) is 14.9 Å². The molecule has 3 rings (SSSR count). The molecule has 1 N–H and O–H groups in total. The van der Waals surface area contributed by atoms with Gasteiger partial charge in [0.2, 0.25) is 0 Å². The smallest absolute Gasteiger partial charge is 0.251 e. The Morgan fingerprint density at radius 3 is 3.18 bits per heavy atom. The van der Waals surface area contributed by atoms with E-state index in [0.717, 1.165) is 36.5 Å². The average Bonchev–Trinajstić information content (AvgIpc) is 2.87. The van der Waals surface area contributed by atoms with Gasteiger partial charge in [-0.25, -0.2) is 4.98 Å². The van der Waals surface area contributed by atoms with Gasteiger partial charge in [0.1, 0.15) is 5.82 Å². The quantitative estimate of drug-likeness (QED) is 0.940. The molecule has 0 bridgehead atoms. The van der Waals surface area contributed by atoms with Gasteiger partial charge in [-0.2, -0.15) is 0 Å². The van der Waals surface area contributed by atoms with Crippen LogP contribution < -0.4 is 5.32 Å². The molecule has 0 fully saturated rings. The van der Waals surface area contributed by atoms with Crippen LogP contribution in [0, 0.1) is 6.92 Å². The Balaban J connectivity index is 1.66. The van der Waals surface area contributed by atoms with E-state index < -0.39 is 0 Å². The van der Waals surface area contributed by atoms with Crippen LogP contribution in [0.2, 0.25) is 0 Å². The third-order valence-corrected chi connectivity index (χ3v) is 3.95. The standard InChI is InChI=1S/C17H21N3O2/c1-12-9-20-10-15(6-7-16(20)18-12)19-17(21)14-5-3-4-13(8-14)11-22-2/h3-5,8-9,15H,6-7,10-11H2,1-2H3,(H,19,21)/t15-/m1/s1. The van der Waals surface area contributed by atoms with E-state index in [-0.39, 0.29) is 11.9 Å². The molecule has 0 saturated heterocycles. The molecule has 1 aromatic heterocycles. The minimum atomic E-state index is -0.0248. The first-order valence-corrected chi connectivity index (χ1v) is 7.57. The highest BCUT2D eigenvalue weighted by Gasteiger charge is 2.21. The van der Waals surface area contributed by atoms with Crippen molar-refractivity contribution in [3.05, 3.63) is 53.1 Å². The highest BCUT2D eigenvalue weighted by Crippen LogP contribution is 2.16. The van der Waals surface area contributed by atoms with Crippen molar-refractivity contribution in [1.29, 1.82) is 0 Å². The summed E-state index contributed by atoms with van der Waals surface area (Å²) in [6.07, 6.45) is 3.88. The number of aromatic nitrogens is 2. The third kappa shape index (κ3) is 3.20. The lowest BCUT2D eigenvalue weighted by molar-refractivity contribution is 0.0927. The van der Waals surface area contributed by atoms with Crippen LogP contribution in [0.3, 0.4) is 0 Å². The summed E-state index contributed by atoms with van der Waals surface area (Å²) in [6.45, 7) is 3.31. The maximum absolute atomic E-state index is 12.4. The molecule has 5 nitrogen and oxygen atoms in total. The van der Waals surface area contributed by atoms with E-state index in [0.29, 0.717) is 12.2 Å². The highest BCUT2D eigenvalue weighted by molar-refractivity contribution is 5.94. The molecule has 1 atom stereocenters. The lowest BCUT2D eigenvalue weighted by Crippen LogP contribution is -2.40. The van der Waals surface area contributed by atoms with Crippen molar-refractivity contribution < 1.29 is 9.53 Å². The van der Waals surface area contributed by atoms with Gasteiger partial charge in [0.15, 0.2) is 0 Å². The van der Waals surface area contributed by atoms with Gasteiger partial charge in [0, 0.05) is 37.9 Å². The zero-order valence-corrected chi connectivity index (χ0v) is 13.0. The Kier molecular flexibility index (Phi) is 4.24. The molecule has 2 heterocycles. The number of rotatable bonds is 4. The molecule has 2 aromatic rings. The molecule has 1 aliphatic rings. The van der Waals surface area contributed by atoms with Crippen molar-refractivity contribution in [2.45, 2.75) is 39.0 Å². The predicted octanol–water partition coefficient (Wildman–Crippen LogP) is 2.08. The number of amides is 1. The molecule has 1 aromatic carbocycles. The number of hydrogen-bond acceptors (Lipinski definition) is 3. The molecule has 5 heteroatoms. The van der Waals surface area contributed by atoms with Crippen molar-refractivity contribution >= 4 is 5.91 Å². The van der Waals surface area contributed by atoms with Gasteiger partial charge < -0.3 is 14.6 Å². The van der Waals surface area contributed by atoms with Gasteiger partial charge in [-0.05, 0) is 31.0 Å². The lowest BCUT2D eigenvalue weighted by atomic mass is 10.1. The minimum absolute atomic E-state index is 0.0248. The van der Waals surface area contributed by atoms with Crippen LogP contribution in [0.4, 0.5) is 0 Å². The van der Waals surface area contributed by atoms with Gasteiger partial charge in [-0.15, -0.1) is 0 Å². The minimum Gasteiger partial charge on any atom is -0.380 e. The fraction of sp³-hybridized carbons (Fsp3) is 0.412. The predicted molar refractivity (Wildman–Crippen MR) is 83.7 cm³/mol. The first-order chi connectivity index (χ1) is 10.7. The maximum atomic E-state index is 12.4. The molecule has 116 valence electrons. The Labute approximate surface area is 130 Å². The second-order valence-electron chi connectivity index (χ2n) is 5.79. The zero-order valence-electron chi connectivity index (χ0n) is 13.0. The summed E-state index contributed by atoms with van der Waals surface area (Å²) in [7, 11) is 1.65. The molecule has 0 saturated carbocycles. The number of benzene rings is 1. The van der Waals surface area contributed by atoms with E-state index in [1.807, 2.05) is 37.4 Å². The number of hydrogen-bond donors (Lipinski definition) is 1. The molecule has 1 amide bonds. The number of methoxy groups -OCH3 is 1. The molecular formula is C17H21N3O2. The zero-order chi connectivity index (χ0) is 15.5. The van der Waals surface area contributed by atoms with Crippen molar-refractivity contribution in [2.75, 3.05) is 7.11 Å². The van der Waals surface area contributed by atoms with Crippen LogP contribution >= 0.6 is 0 Å². The second kappa shape index (κ2) is 6.32. The fourth-order valence-corrected chi connectivity index (χ4v) is 2.94. The van der Waals surface area contributed by atoms with Gasteiger partial charge in [-0.3, -0.25) is 4.79 Å². The van der Waals surface area contributed by atoms with Crippen LogP contribution in [0.25, 0.3) is 0 Å². The Bertz CT molecular complexity index is 678. The summed E-state index contributed by atoms with van der Waals surface area (Å²) in [5.41, 5.74) is 2.72. The van der Waals surface area contributed by atoms with E-state index in [1.54, 1.807) is 7.11 Å². The monoisotopic (exact) mass is 299 g/mol. The van der Waals surface area contributed by atoms with Crippen LogP contribution in [-0.2, 0) is 24.3 Å². The van der Waals surface area contributed by atoms with Gasteiger partial charge >= 0.3 is 0 Å². The summed E-state index contributed by atoms with van der Waals surface area (Å²) >= 11 is 0. The van der Waals surface area contributed by atoms with Crippen molar-refractivity contribution in [3.63, 3.8) is 0 Å². The fourth-order valence-electron chi connectivity index (χ4n) is 2.94. The van der Waals surface area contributed by atoms with Crippen molar-refractivity contribution in [3.8, 4) is 0 Å². The number of nitrogens with zero attached hydrogens (tertiary/aromatic N) is 2. The van der Waals surface area contributed by atoms with Gasteiger partial charge in [0.05, 0.1) is 12.3 Å². The number of ether oxygens (including phenoxy) is 1.